The van der Waals surface area contributed by atoms with Gasteiger partial charge in [-0.3, -0.25) is 4.79 Å². The minimum atomic E-state index is -0.523. The van der Waals surface area contributed by atoms with Gasteiger partial charge in [0.15, 0.2) is 0 Å². The average Bonchev–Trinajstić information content (AvgIpc) is 2.48. The minimum Gasteiger partial charge on any atom is -0.393 e. The fourth-order valence-electron chi connectivity index (χ4n) is 2.47. The molecule has 0 saturated carbocycles. The molecule has 1 fully saturated rings. The third kappa shape index (κ3) is 3.69. The summed E-state index contributed by atoms with van der Waals surface area (Å²) in [6.45, 7) is 5.54. The maximum absolute atomic E-state index is 13.4. The highest BCUT2D eigenvalue weighted by Crippen LogP contribution is 2.22. The highest BCUT2D eigenvalue weighted by molar-refractivity contribution is 5.98. The number of pyridine rings is 1. The molecule has 116 valence electrons. The van der Waals surface area contributed by atoms with E-state index in [1.807, 2.05) is 13.8 Å². The Hall–Kier alpha value is -1.69. The second kappa shape index (κ2) is 6.85. The monoisotopic (exact) mass is 295 g/mol. The van der Waals surface area contributed by atoms with Crippen LogP contribution in [0.25, 0.3) is 0 Å². The molecule has 1 saturated heterocycles. The number of anilines is 1. The summed E-state index contributed by atoms with van der Waals surface area (Å²) in [4.78, 5) is 18.2. The van der Waals surface area contributed by atoms with E-state index in [2.05, 4.69) is 10.3 Å². The summed E-state index contributed by atoms with van der Waals surface area (Å²) in [7, 11) is 0. The van der Waals surface area contributed by atoms with Crippen molar-refractivity contribution >= 4 is 11.7 Å². The van der Waals surface area contributed by atoms with E-state index in [4.69, 9.17) is 0 Å². The lowest BCUT2D eigenvalue weighted by molar-refractivity contribution is 0.0297. The van der Waals surface area contributed by atoms with Crippen LogP contribution >= 0.6 is 0 Å². The first kappa shape index (κ1) is 15.7. The Kier molecular flexibility index (Phi) is 5.12. The normalized spacial score (nSPS) is 22.2. The second-order valence-corrected chi connectivity index (χ2v) is 5.56. The number of halogens is 1. The zero-order valence-corrected chi connectivity index (χ0v) is 12.5. The summed E-state index contributed by atoms with van der Waals surface area (Å²) >= 11 is 0. The zero-order chi connectivity index (χ0) is 15.4. The molecule has 1 amide bonds. The van der Waals surface area contributed by atoms with Crippen molar-refractivity contribution in [1.82, 2.24) is 9.88 Å². The Bertz CT molecular complexity index is 510. The Balaban J connectivity index is 2.19. The van der Waals surface area contributed by atoms with E-state index in [-0.39, 0.29) is 23.5 Å². The fraction of sp³-hybridized carbons (Fsp3) is 0.600. The minimum absolute atomic E-state index is 0.0243. The predicted molar refractivity (Wildman–Crippen MR) is 78.7 cm³/mol. The second-order valence-electron chi connectivity index (χ2n) is 5.56. The lowest BCUT2D eigenvalue weighted by Gasteiger charge is -2.34. The van der Waals surface area contributed by atoms with E-state index < -0.39 is 5.82 Å². The van der Waals surface area contributed by atoms with Crippen molar-refractivity contribution in [3.8, 4) is 0 Å². The van der Waals surface area contributed by atoms with Crippen molar-refractivity contribution in [2.75, 3.05) is 25.0 Å². The molecule has 0 spiro atoms. The Morgan fingerprint density at radius 1 is 1.62 bits per heavy atom. The van der Waals surface area contributed by atoms with Gasteiger partial charge >= 0.3 is 0 Å². The van der Waals surface area contributed by atoms with Gasteiger partial charge in [-0.1, -0.05) is 13.8 Å². The molecule has 0 radical (unpaired) electrons. The van der Waals surface area contributed by atoms with Gasteiger partial charge in [-0.15, -0.1) is 0 Å². The van der Waals surface area contributed by atoms with Gasteiger partial charge in [0.05, 0.1) is 17.9 Å². The molecular weight excluding hydrogens is 273 g/mol. The molecule has 0 aliphatic carbocycles. The highest BCUT2D eigenvalue weighted by Gasteiger charge is 2.29. The van der Waals surface area contributed by atoms with E-state index in [0.29, 0.717) is 31.9 Å². The van der Waals surface area contributed by atoms with Gasteiger partial charge in [-0.2, -0.15) is 0 Å². The summed E-state index contributed by atoms with van der Waals surface area (Å²) in [5.41, 5.74) is 0.257. The van der Waals surface area contributed by atoms with Crippen molar-refractivity contribution in [2.45, 2.75) is 32.8 Å². The van der Waals surface area contributed by atoms with Crippen LogP contribution in [-0.4, -0.2) is 46.6 Å². The van der Waals surface area contributed by atoms with Gasteiger partial charge < -0.3 is 15.3 Å². The summed E-state index contributed by atoms with van der Waals surface area (Å²) in [5.74, 6) is -0.317. The largest absolute Gasteiger partial charge is 0.393 e. The Morgan fingerprint density at radius 2 is 2.38 bits per heavy atom. The zero-order valence-electron chi connectivity index (χ0n) is 12.5. The SMILES string of the molecule is CCCNc1ncc(F)cc1C(=O)N1CCC(O)C(C)C1. The first-order valence-corrected chi connectivity index (χ1v) is 7.39. The number of nitrogens with zero attached hydrogens (tertiary/aromatic N) is 2. The number of nitrogens with one attached hydrogen (secondary N) is 1. The average molecular weight is 295 g/mol. The van der Waals surface area contributed by atoms with Crippen molar-refractivity contribution in [2.24, 2.45) is 5.92 Å². The van der Waals surface area contributed by atoms with E-state index >= 15 is 0 Å². The van der Waals surface area contributed by atoms with Crippen LogP contribution in [0.3, 0.4) is 0 Å². The number of aliphatic hydroxyl groups excluding tert-OH is 1. The lowest BCUT2D eigenvalue weighted by atomic mass is 9.96. The van der Waals surface area contributed by atoms with Crippen LogP contribution < -0.4 is 5.32 Å². The van der Waals surface area contributed by atoms with Gasteiger partial charge in [0.25, 0.3) is 5.91 Å². The maximum atomic E-state index is 13.4. The highest BCUT2D eigenvalue weighted by atomic mass is 19.1. The number of piperidine rings is 1. The number of carbonyl (C=O) groups excluding carboxylic acids is 1. The van der Waals surface area contributed by atoms with Crippen molar-refractivity contribution in [1.29, 1.82) is 0 Å². The molecule has 5 nitrogen and oxygen atoms in total. The van der Waals surface area contributed by atoms with E-state index in [1.165, 1.54) is 6.07 Å². The molecule has 1 aliphatic heterocycles. The summed E-state index contributed by atoms with van der Waals surface area (Å²) in [6.07, 6.45) is 2.17. The number of rotatable bonds is 4. The van der Waals surface area contributed by atoms with Crippen LogP contribution in [0.1, 0.15) is 37.0 Å². The number of carbonyl (C=O) groups is 1. The quantitative estimate of drug-likeness (QED) is 0.890. The molecule has 2 N–H and O–H groups in total. The molecule has 1 aromatic rings. The van der Waals surface area contributed by atoms with Crippen LogP contribution in [0.2, 0.25) is 0 Å². The van der Waals surface area contributed by atoms with E-state index in [0.717, 1.165) is 12.6 Å². The predicted octanol–water partition coefficient (Wildman–Crippen LogP) is 1.89. The van der Waals surface area contributed by atoms with Crippen LogP contribution in [-0.2, 0) is 0 Å². The fourth-order valence-corrected chi connectivity index (χ4v) is 2.47. The summed E-state index contributed by atoms with van der Waals surface area (Å²) in [5, 5.41) is 12.8. The van der Waals surface area contributed by atoms with Gasteiger partial charge in [-0.05, 0) is 24.8 Å². The van der Waals surface area contributed by atoms with Crippen molar-refractivity contribution in [3.63, 3.8) is 0 Å². The smallest absolute Gasteiger partial charge is 0.257 e. The van der Waals surface area contributed by atoms with Crippen LogP contribution in [0.5, 0.6) is 0 Å². The summed E-state index contributed by atoms with van der Waals surface area (Å²) < 4.78 is 13.4. The molecule has 2 atom stereocenters. The molecule has 1 aromatic heterocycles. The molecule has 2 rings (SSSR count). The molecule has 1 aliphatic rings. The van der Waals surface area contributed by atoms with Gasteiger partial charge in [0.1, 0.15) is 11.6 Å². The van der Waals surface area contributed by atoms with Gasteiger partial charge in [-0.25, -0.2) is 9.37 Å². The molecule has 6 heteroatoms. The molecule has 2 unspecified atom stereocenters. The molecule has 0 aromatic carbocycles. The van der Waals surface area contributed by atoms with E-state index in [9.17, 15) is 14.3 Å². The van der Waals surface area contributed by atoms with Crippen molar-refractivity contribution in [3.05, 3.63) is 23.6 Å². The number of likely N-dealkylation sites (tertiary alicyclic amines) is 1. The molecule has 0 bridgehead atoms. The first-order chi connectivity index (χ1) is 10.0. The topological polar surface area (TPSA) is 65.5 Å². The van der Waals surface area contributed by atoms with Gasteiger partial charge in [0, 0.05) is 19.6 Å². The number of hydrogen-bond donors (Lipinski definition) is 2. The van der Waals surface area contributed by atoms with Crippen LogP contribution in [0.15, 0.2) is 12.3 Å². The summed E-state index contributed by atoms with van der Waals surface area (Å²) in [6, 6.07) is 1.23. The van der Waals surface area contributed by atoms with Crippen LogP contribution in [0, 0.1) is 11.7 Å². The van der Waals surface area contributed by atoms with Crippen LogP contribution in [0.4, 0.5) is 10.2 Å². The third-order valence-electron chi connectivity index (χ3n) is 3.77. The Labute approximate surface area is 124 Å². The molecule has 21 heavy (non-hydrogen) atoms. The van der Waals surface area contributed by atoms with Gasteiger partial charge in [0.2, 0.25) is 0 Å². The number of aromatic nitrogens is 1. The third-order valence-corrected chi connectivity index (χ3v) is 3.77. The number of amides is 1. The number of hydrogen-bond acceptors (Lipinski definition) is 4. The Morgan fingerprint density at radius 3 is 3.05 bits per heavy atom. The number of aliphatic hydroxyl groups is 1. The lowest BCUT2D eigenvalue weighted by Crippen LogP contribution is -2.45. The van der Waals surface area contributed by atoms with E-state index in [1.54, 1.807) is 4.90 Å². The van der Waals surface area contributed by atoms with Crippen molar-refractivity contribution < 1.29 is 14.3 Å². The first-order valence-electron chi connectivity index (χ1n) is 7.39. The molecule has 2 heterocycles. The standard InChI is InChI=1S/C15H22FN3O2/c1-3-5-17-14-12(7-11(16)8-18-14)15(21)19-6-4-13(20)10(2)9-19/h7-8,10,13,20H,3-6,9H2,1-2H3,(H,17,18). The maximum Gasteiger partial charge on any atom is 0.257 e. The molecular formula is C15H22FN3O2.